The zero-order valence-electron chi connectivity index (χ0n) is 14.2. The van der Waals surface area contributed by atoms with Gasteiger partial charge in [0.2, 0.25) is 0 Å². The van der Waals surface area contributed by atoms with Crippen molar-refractivity contribution < 1.29 is 4.74 Å². The monoisotopic (exact) mass is 292 g/mol. The highest BCUT2D eigenvalue weighted by Crippen LogP contribution is 2.30. The number of nitrogens with zero attached hydrogens (tertiary/aromatic N) is 3. The van der Waals surface area contributed by atoms with Crippen LogP contribution in [0.25, 0.3) is 0 Å². The van der Waals surface area contributed by atoms with E-state index >= 15 is 0 Å². The lowest BCUT2D eigenvalue weighted by atomic mass is 9.95. The summed E-state index contributed by atoms with van der Waals surface area (Å²) in [6.45, 7) is 10.5. The van der Waals surface area contributed by atoms with Crippen molar-refractivity contribution in [3.05, 3.63) is 11.4 Å². The summed E-state index contributed by atoms with van der Waals surface area (Å²) >= 11 is 0. The van der Waals surface area contributed by atoms with E-state index < -0.39 is 0 Å². The lowest BCUT2D eigenvalue weighted by Crippen LogP contribution is -2.40. The van der Waals surface area contributed by atoms with E-state index in [1.165, 1.54) is 0 Å². The van der Waals surface area contributed by atoms with Crippen LogP contribution in [0, 0.1) is 6.92 Å². The van der Waals surface area contributed by atoms with Crippen LogP contribution < -0.4 is 10.2 Å². The smallest absolute Gasteiger partial charge is 0.138 e. The summed E-state index contributed by atoms with van der Waals surface area (Å²) < 4.78 is 5.54. The molecule has 5 nitrogen and oxygen atoms in total. The normalized spacial score (nSPS) is 19.7. The molecule has 1 unspecified atom stereocenters. The number of ether oxygens (including phenoxy) is 1. The Hall–Kier alpha value is -1.36. The van der Waals surface area contributed by atoms with E-state index in [1.54, 1.807) is 7.11 Å². The standard InChI is InChI=1S/C16H28N4O/c1-11-13(17-5)18-15(16(2,3)4)19-14(11)20-9-7-8-12(10-20)21-6/h12H,7-10H2,1-6H3,(H,17,18,19). The Morgan fingerprint density at radius 2 is 2.00 bits per heavy atom. The first-order chi connectivity index (χ1) is 9.86. The molecule has 21 heavy (non-hydrogen) atoms. The van der Waals surface area contributed by atoms with Crippen LogP contribution in [-0.4, -0.2) is 43.3 Å². The average molecular weight is 292 g/mol. The maximum Gasteiger partial charge on any atom is 0.138 e. The molecule has 1 atom stereocenters. The third kappa shape index (κ3) is 3.46. The number of piperidine rings is 1. The fourth-order valence-corrected chi connectivity index (χ4v) is 2.71. The maximum atomic E-state index is 5.54. The van der Waals surface area contributed by atoms with Gasteiger partial charge in [0.05, 0.1) is 6.10 Å². The summed E-state index contributed by atoms with van der Waals surface area (Å²) in [4.78, 5) is 11.9. The number of hydrogen-bond donors (Lipinski definition) is 1. The van der Waals surface area contributed by atoms with Crippen molar-refractivity contribution in [3.63, 3.8) is 0 Å². The van der Waals surface area contributed by atoms with Crippen LogP contribution in [0.2, 0.25) is 0 Å². The molecule has 0 radical (unpaired) electrons. The Labute approximate surface area is 128 Å². The van der Waals surface area contributed by atoms with Crippen LogP contribution >= 0.6 is 0 Å². The minimum Gasteiger partial charge on any atom is -0.380 e. The van der Waals surface area contributed by atoms with Crippen molar-refractivity contribution in [3.8, 4) is 0 Å². The summed E-state index contributed by atoms with van der Waals surface area (Å²) in [5.74, 6) is 2.84. The lowest BCUT2D eigenvalue weighted by molar-refractivity contribution is 0.0891. The molecule has 1 saturated heterocycles. The largest absolute Gasteiger partial charge is 0.380 e. The van der Waals surface area contributed by atoms with E-state index in [-0.39, 0.29) is 5.41 Å². The summed E-state index contributed by atoms with van der Waals surface area (Å²) in [6, 6.07) is 0. The molecule has 0 amide bonds. The fraction of sp³-hybridized carbons (Fsp3) is 0.750. The summed E-state index contributed by atoms with van der Waals surface area (Å²) in [5, 5.41) is 3.20. The van der Waals surface area contributed by atoms with Crippen molar-refractivity contribution in [2.75, 3.05) is 37.5 Å². The molecule has 5 heteroatoms. The molecule has 0 saturated carbocycles. The molecule has 2 heterocycles. The van der Waals surface area contributed by atoms with Crippen LogP contribution in [0.1, 0.15) is 45.0 Å². The third-order valence-corrected chi connectivity index (χ3v) is 4.04. The number of anilines is 2. The number of rotatable bonds is 3. The van der Waals surface area contributed by atoms with Crippen molar-refractivity contribution in [1.29, 1.82) is 0 Å². The molecule has 0 spiro atoms. The quantitative estimate of drug-likeness (QED) is 0.928. The highest BCUT2D eigenvalue weighted by atomic mass is 16.5. The molecule has 1 aliphatic heterocycles. The van der Waals surface area contributed by atoms with E-state index in [1.807, 2.05) is 7.05 Å². The minimum absolute atomic E-state index is 0.0650. The van der Waals surface area contributed by atoms with E-state index in [9.17, 15) is 0 Å². The molecule has 0 aromatic carbocycles. The summed E-state index contributed by atoms with van der Waals surface area (Å²) in [7, 11) is 3.71. The Morgan fingerprint density at radius 1 is 1.29 bits per heavy atom. The fourth-order valence-electron chi connectivity index (χ4n) is 2.71. The van der Waals surface area contributed by atoms with Gasteiger partial charge in [-0.2, -0.15) is 0 Å². The van der Waals surface area contributed by atoms with Crippen LogP contribution in [0.15, 0.2) is 0 Å². The van der Waals surface area contributed by atoms with Gasteiger partial charge in [-0.25, -0.2) is 9.97 Å². The lowest BCUT2D eigenvalue weighted by Gasteiger charge is -2.34. The molecule has 1 aromatic rings. The molecular formula is C16H28N4O. The van der Waals surface area contributed by atoms with Gasteiger partial charge in [-0.3, -0.25) is 0 Å². The first kappa shape index (κ1) is 16.0. The van der Waals surface area contributed by atoms with Crippen LogP contribution in [-0.2, 0) is 10.2 Å². The van der Waals surface area contributed by atoms with E-state index in [0.717, 1.165) is 49.0 Å². The van der Waals surface area contributed by atoms with Gasteiger partial charge in [0.1, 0.15) is 17.5 Å². The number of aromatic nitrogens is 2. The van der Waals surface area contributed by atoms with Gasteiger partial charge in [-0.1, -0.05) is 20.8 Å². The molecule has 2 rings (SSSR count). The molecule has 1 fully saturated rings. The van der Waals surface area contributed by atoms with Gasteiger partial charge in [0.25, 0.3) is 0 Å². The SMILES string of the molecule is CNc1nc(C(C)(C)C)nc(N2CCCC(OC)C2)c1C. The highest BCUT2D eigenvalue weighted by molar-refractivity contribution is 5.59. The maximum absolute atomic E-state index is 5.54. The van der Waals surface area contributed by atoms with Crippen molar-refractivity contribution in [2.24, 2.45) is 0 Å². The second-order valence-corrected chi connectivity index (χ2v) is 6.79. The van der Waals surface area contributed by atoms with Gasteiger partial charge in [0, 0.05) is 38.2 Å². The topological polar surface area (TPSA) is 50.3 Å². The molecular weight excluding hydrogens is 264 g/mol. The predicted octanol–water partition coefficient (Wildman–Crippen LogP) is 2.74. The van der Waals surface area contributed by atoms with E-state index in [2.05, 4.69) is 42.9 Å². The summed E-state index contributed by atoms with van der Waals surface area (Å²) in [6.07, 6.45) is 2.56. The number of methoxy groups -OCH3 is 1. The van der Waals surface area contributed by atoms with Gasteiger partial charge in [-0.05, 0) is 19.8 Å². The first-order valence-electron chi connectivity index (χ1n) is 7.71. The molecule has 1 aromatic heterocycles. The number of nitrogens with one attached hydrogen (secondary N) is 1. The van der Waals surface area contributed by atoms with Crippen molar-refractivity contribution in [2.45, 2.75) is 52.1 Å². The van der Waals surface area contributed by atoms with Crippen molar-refractivity contribution in [1.82, 2.24) is 9.97 Å². The predicted molar refractivity (Wildman–Crippen MR) is 87.3 cm³/mol. The summed E-state index contributed by atoms with van der Waals surface area (Å²) in [5.41, 5.74) is 1.05. The van der Waals surface area contributed by atoms with Crippen molar-refractivity contribution >= 4 is 11.6 Å². The third-order valence-electron chi connectivity index (χ3n) is 4.04. The molecule has 1 aliphatic rings. The zero-order valence-corrected chi connectivity index (χ0v) is 14.2. The van der Waals surface area contributed by atoms with Gasteiger partial charge in [0.15, 0.2) is 0 Å². The van der Waals surface area contributed by atoms with Gasteiger partial charge < -0.3 is 15.0 Å². The Bertz CT molecular complexity index is 496. The number of hydrogen-bond acceptors (Lipinski definition) is 5. The second kappa shape index (κ2) is 6.18. The average Bonchev–Trinajstić information content (AvgIpc) is 2.46. The molecule has 0 bridgehead atoms. The Morgan fingerprint density at radius 3 is 2.57 bits per heavy atom. The molecule has 1 N–H and O–H groups in total. The first-order valence-corrected chi connectivity index (χ1v) is 7.71. The highest BCUT2D eigenvalue weighted by Gasteiger charge is 2.26. The van der Waals surface area contributed by atoms with Crippen LogP contribution in [0.3, 0.4) is 0 Å². The molecule has 0 aliphatic carbocycles. The van der Waals surface area contributed by atoms with E-state index in [4.69, 9.17) is 9.72 Å². The van der Waals surface area contributed by atoms with Gasteiger partial charge >= 0.3 is 0 Å². The minimum atomic E-state index is -0.0650. The Kier molecular flexibility index (Phi) is 4.71. The zero-order chi connectivity index (χ0) is 15.6. The second-order valence-electron chi connectivity index (χ2n) is 6.79. The van der Waals surface area contributed by atoms with Gasteiger partial charge in [-0.15, -0.1) is 0 Å². The van der Waals surface area contributed by atoms with E-state index in [0.29, 0.717) is 6.10 Å². The van der Waals surface area contributed by atoms with Crippen LogP contribution in [0.4, 0.5) is 11.6 Å². The Balaban J connectivity index is 2.41. The van der Waals surface area contributed by atoms with Crippen LogP contribution in [0.5, 0.6) is 0 Å². The molecule has 118 valence electrons.